The molecule has 3 heteroatoms. The van der Waals surface area contributed by atoms with Crippen molar-refractivity contribution in [3.8, 4) is 0 Å². The van der Waals surface area contributed by atoms with Crippen molar-refractivity contribution < 1.29 is 9.59 Å². The number of carbonyl (C=O) groups is 2. The second-order valence-electron chi connectivity index (χ2n) is 4.94. The number of aryl methyl sites for hydroxylation is 1. The van der Waals surface area contributed by atoms with Gasteiger partial charge in [-0.2, -0.15) is 0 Å². The molecule has 0 heterocycles. The smallest absolute Gasteiger partial charge is 0.194 e. The Bertz CT molecular complexity index is 704. The zero-order chi connectivity index (χ0) is 14.1. The van der Waals surface area contributed by atoms with Gasteiger partial charge in [-0.1, -0.05) is 42.5 Å². The summed E-state index contributed by atoms with van der Waals surface area (Å²) in [5, 5.41) is 0. The number of hydrogen-bond donors (Lipinski definition) is 1. The molecule has 3 nitrogen and oxygen atoms in total. The van der Waals surface area contributed by atoms with Gasteiger partial charge >= 0.3 is 0 Å². The van der Waals surface area contributed by atoms with Crippen molar-refractivity contribution in [1.82, 2.24) is 0 Å². The first-order chi connectivity index (χ1) is 9.74. The lowest BCUT2D eigenvalue weighted by Gasteiger charge is -2.20. The molecule has 0 spiro atoms. The highest BCUT2D eigenvalue weighted by Gasteiger charge is 2.30. The quantitative estimate of drug-likeness (QED) is 0.790. The summed E-state index contributed by atoms with van der Waals surface area (Å²) in [6, 6.07) is 12.5. The average molecular weight is 265 g/mol. The van der Waals surface area contributed by atoms with Crippen LogP contribution in [0.2, 0.25) is 0 Å². The fourth-order valence-electron chi connectivity index (χ4n) is 2.72. The SMILES string of the molecule is NCCCc1cccc2c1C(=O)c1ccccc1C2=O. The van der Waals surface area contributed by atoms with E-state index in [1.54, 1.807) is 30.3 Å². The Hall–Kier alpha value is -2.26. The van der Waals surface area contributed by atoms with Gasteiger partial charge in [0.25, 0.3) is 0 Å². The van der Waals surface area contributed by atoms with Crippen molar-refractivity contribution in [2.45, 2.75) is 12.8 Å². The first-order valence-corrected chi connectivity index (χ1v) is 6.74. The molecule has 1 aliphatic rings. The minimum Gasteiger partial charge on any atom is -0.330 e. The molecule has 100 valence electrons. The third kappa shape index (κ3) is 1.87. The summed E-state index contributed by atoms with van der Waals surface area (Å²) < 4.78 is 0. The lowest BCUT2D eigenvalue weighted by Crippen LogP contribution is -2.22. The van der Waals surface area contributed by atoms with Crippen LogP contribution in [0.25, 0.3) is 0 Å². The lowest BCUT2D eigenvalue weighted by molar-refractivity contribution is 0.0978. The van der Waals surface area contributed by atoms with Gasteiger partial charge in [0.15, 0.2) is 11.6 Å². The van der Waals surface area contributed by atoms with Gasteiger partial charge in [0, 0.05) is 22.3 Å². The van der Waals surface area contributed by atoms with E-state index in [0.29, 0.717) is 28.8 Å². The van der Waals surface area contributed by atoms with Crippen molar-refractivity contribution in [3.05, 3.63) is 70.3 Å². The Kier molecular flexibility index (Phi) is 3.20. The van der Waals surface area contributed by atoms with E-state index in [-0.39, 0.29) is 11.6 Å². The van der Waals surface area contributed by atoms with Gasteiger partial charge in [0.1, 0.15) is 0 Å². The molecule has 2 aromatic carbocycles. The summed E-state index contributed by atoms with van der Waals surface area (Å²) in [5.41, 5.74) is 8.54. The highest BCUT2D eigenvalue weighted by molar-refractivity contribution is 6.28. The van der Waals surface area contributed by atoms with Crippen LogP contribution in [0.5, 0.6) is 0 Å². The molecule has 0 unspecified atom stereocenters. The van der Waals surface area contributed by atoms with Gasteiger partial charge in [-0.25, -0.2) is 0 Å². The van der Waals surface area contributed by atoms with Crippen LogP contribution in [-0.4, -0.2) is 18.1 Å². The molecule has 1 aliphatic carbocycles. The molecule has 0 amide bonds. The van der Waals surface area contributed by atoms with Crippen molar-refractivity contribution in [1.29, 1.82) is 0 Å². The highest BCUT2D eigenvalue weighted by atomic mass is 16.1. The molecule has 0 saturated carbocycles. The zero-order valence-electron chi connectivity index (χ0n) is 11.1. The van der Waals surface area contributed by atoms with Gasteiger partial charge in [-0.3, -0.25) is 9.59 Å². The molecule has 2 N–H and O–H groups in total. The van der Waals surface area contributed by atoms with Gasteiger partial charge in [-0.05, 0) is 24.9 Å². The Labute approximate surface area is 117 Å². The number of nitrogens with two attached hydrogens (primary N) is 1. The predicted molar refractivity (Wildman–Crippen MR) is 77.1 cm³/mol. The molecule has 20 heavy (non-hydrogen) atoms. The minimum absolute atomic E-state index is 0.0529. The van der Waals surface area contributed by atoms with Crippen LogP contribution < -0.4 is 5.73 Å². The molecule has 2 aromatic rings. The number of ketones is 2. The molecular formula is C17H15NO2. The van der Waals surface area contributed by atoms with Gasteiger partial charge < -0.3 is 5.73 Å². The van der Waals surface area contributed by atoms with Crippen LogP contribution in [-0.2, 0) is 6.42 Å². The predicted octanol–water partition coefficient (Wildman–Crippen LogP) is 2.35. The van der Waals surface area contributed by atoms with E-state index in [1.165, 1.54) is 0 Å². The van der Waals surface area contributed by atoms with E-state index < -0.39 is 0 Å². The first kappa shape index (κ1) is 12.8. The fraction of sp³-hybridized carbons (Fsp3) is 0.176. The van der Waals surface area contributed by atoms with E-state index >= 15 is 0 Å². The van der Waals surface area contributed by atoms with Crippen molar-refractivity contribution in [2.24, 2.45) is 5.73 Å². The summed E-state index contributed by atoms with van der Waals surface area (Å²) >= 11 is 0. The summed E-state index contributed by atoms with van der Waals surface area (Å²) in [7, 11) is 0. The zero-order valence-corrected chi connectivity index (χ0v) is 11.1. The number of fused-ring (bicyclic) bond motifs is 2. The van der Waals surface area contributed by atoms with Crippen molar-refractivity contribution in [3.63, 3.8) is 0 Å². The van der Waals surface area contributed by atoms with E-state index in [9.17, 15) is 9.59 Å². The molecule has 0 aromatic heterocycles. The number of hydrogen-bond acceptors (Lipinski definition) is 3. The summed E-state index contributed by atoms with van der Waals surface area (Å²) in [6.07, 6.45) is 1.53. The Morgan fingerprint density at radius 3 is 2.15 bits per heavy atom. The Morgan fingerprint density at radius 1 is 0.800 bits per heavy atom. The maximum Gasteiger partial charge on any atom is 0.194 e. The molecule has 0 bridgehead atoms. The van der Waals surface area contributed by atoms with Gasteiger partial charge in [0.2, 0.25) is 0 Å². The summed E-state index contributed by atoms with van der Waals surface area (Å²) in [4.78, 5) is 25.2. The van der Waals surface area contributed by atoms with Crippen LogP contribution >= 0.6 is 0 Å². The Morgan fingerprint density at radius 2 is 1.45 bits per heavy atom. The fourth-order valence-corrected chi connectivity index (χ4v) is 2.72. The molecule has 0 aliphatic heterocycles. The van der Waals surface area contributed by atoms with Crippen LogP contribution in [0.4, 0.5) is 0 Å². The van der Waals surface area contributed by atoms with Crippen LogP contribution in [0.1, 0.15) is 43.8 Å². The van der Waals surface area contributed by atoms with Crippen LogP contribution in [0, 0.1) is 0 Å². The second kappa shape index (κ2) is 5.02. The van der Waals surface area contributed by atoms with Crippen LogP contribution in [0.3, 0.4) is 0 Å². The molecule has 0 saturated heterocycles. The molecule has 0 atom stereocenters. The van der Waals surface area contributed by atoms with E-state index in [2.05, 4.69) is 0 Å². The summed E-state index contributed by atoms with van der Waals surface area (Å²) in [5.74, 6) is -0.118. The van der Waals surface area contributed by atoms with Crippen molar-refractivity contribution >= 4 is 11.6 Å². The number of rotatable bonds is 3. The topological polar surface area (TPSA) is 60.2 Å². The molecule has 0 radical (unpaired) electrons. The van der Waals surface area contributed by atoms with E-state index in [0.717, 1.165) is 18.4 Å². The van der Waals surface area contributed by atoms with Crippen LogP contribution in [0.15, 0.2) is 42.5 Å². The number of carbonyl (C=O) groups excluding carboxylic acids is 2. The second-order valence-corrected chi connectivity index (χ2v) is 4.94. The first-order valence-electron chi connectivity index (χ1n) is 6.74. The number of benzene rings is 2. The largest absolute Gasteiger partial charge is 0.330 e. The normalized spacial score (nSPS) is 13.1. The average Bonchev–Trinajstić information content (AvgIpc) is 2.50. The van der Waals surface area contributed by atoms with E-state index in [4.69, 9.17) is 5.73 Å². The highest BCUT2D eigenvalue weighted by Crippen LogP contribution is 2.29. The van der Waals surface area contributed by atoms with E-state index in [1.807, 2.05) is 12.1 Å². The minimum atomic E-state index is -0.0650. The monoisotopic (exact) mass is 265 g/mol. The molecule has 0 fully saturated rings. The van der Waals surface area contributed by atoms with Gasteiger partial charge in [0.05, 0.1) is 0 Å². The molecular weight excluding hydrogens is 250 g/mol. The maximum atomic E-state index is 12.7. The third-order valence-electron chi connectivity index (χ3n) is 3.69. The van der Waals surface area contributed by atoms with Crippen molar-refractivity contribution in [2.75, 3.05) is 6.54 Å². The molecule has 3 rings (SSSR count). The lowest BCUT2D eigenvalue weighted by atomic mass is 9.81. The third-order valence-corrected chi connectivity index (χ3v) is 3.69. The maximum absolute atomic E-state index is 12.7. The Balaban J connectivity index is 2.18. The standard InChI is InChI=1S/C17H15NO2/c18-10-4-6-11-5-3-9-14-15(11)17(20)13-8-2-1-7-12(13)16(14)19/h1-3,5,7-9H,4,6,10,18H2. The summed E-state index contributed by atoms with van der Waals surface area (Å²) in [6.45, 7) is 0.572. The van der Waals surface area contributed by atoms with Gasteiger partial charge in [-0.15, -0.1) is 0 Å².